The molecule has 1 heterocycles. The average Bonchev–Trinajstić information content (AvgIpc) is 2.76. The average molecular weight is 362 g/mol. The zero-order valence-corrected chi connectivity index (χ0v) is 16.7. The van der Waals surface area contributed by atoms with Crippen molar-refractivity contribution in [1.29, 1.82) is 0 Å². The number of nitrogens with zero attached hydrogens (tertiary/aromatic N) is 3. The molecule has 9 heteroatoms. The van der Waals surface area contributed by atoms with Crippen LogP contribution in [-0.4, -0.2) is 61.9 Å². The summed E-state index contributed by atoms with van der Waals surface area (Å²) in [6.45, 7) is 13.7. The summed E-state index contributed by atoms with van der Waals surface area (Å²) in [5.41, 5.74) is 8.83. The Balaban J connectivity index is 2.86. The first-order valence-corrected chi connectivity index (χ1v) is 11.1. The highest BCUT2D eigenvalue weighted by Crippen LogP contribution is 2.37. The molecule has 0 amide bonds. The molecule has 0 spiro atoms. The highest BCUT2D eigenvalue weighted by Gasteiger charge is 2.47. The molecule has 0 aliphatic carbocycles. The molecule has 24 heavy (non-hydrogen) atoms. The van der Waals surface area contributed by atoms with E-state index in [1.807, 2.05) is 0 Å². The third-order valence-corrected chi connectivity index (χ3v) is 9.25. The lowest BCUT2D eigenvalue weighted by atomic mass is 10.0. The number of rotatable bonds is 7. The van der Waals surface area contributed by atoms with Crippen LogP contribution in [0.1, 0.15) is 34.6 Å². The van der Waals surface area contributed by atoms with Crippen LogP contribution in [0.4, 0.5) is 0 Å². The zero-order valence-electron chi connectivity index (χ0n) is 15.7. The smallest absolute Gasteiger partial charge is 0.191 e. The van der Waals surface area contributed by atoms with Gasteiger partial charge in [-0.15, -0.1) is 0 Å². The maximum absolute atomic E-state index is 10.6. The Bertz CT molecular complexity index is 474. The van der Waals surface area contributed by atoms with Crippen molar-refractivity contribution in [3.63, 3.8) is 0 Å². The van der Waals surface area contributed by atoms with Crippen LogP contribution in [0, 0.1) is 0 Å². The Kier molecular flexibility index (Phi) is 6.85. The van der Waals surface area contributed by atoms with Gasteiger partial charge in [0.25, 0.3) is 0 Å². The Hall–Kier alpha value is -0.673. The van der Waals surface area contributed by atoms with Crippen LogP contribution in [0.3, 0.4) is 0 Å². The van der Waals surface area contributed by atoms with E-state index in [0.717, 1.165) is 0 Å². The molecule has 1 saturated heterocycles. The van der Waals surface area contributed by atoms with E-state index >= 15 is 0 Å². The predicted octanol–water partition coefficient (Wildman–Crippen LogP) is 2.56. The number of azide groups is 1. The van der Waals surface area contributed by atoms with E-state index in [1.54, 1.807) is 13.8 Å². The molecule has 1 fully saturated rings. The Morgan fingerprint density at radius 3 is 2.38 bits per heavy atom. The maximum atomic E-state index is 10.6. The summed E-state index contributed by atoms with van der Waals surface area (Å²) in [6, 6.07) is -0.819. The van der Waals surface area contributed by atoms with E-state index in [-0.39, 0.29) is 18.3 Å². The van der Waals surface area contributed by atoms with Crippen LogP contribution in [0.25, 0.3) is 10.4 Å². The molecule has 0 unspecified atom stereocenters. The van der Waals surface area contributed by atoms with Gasteiger partial charge in [-0.3, -0.25) is 0 Å². The monoisotopic (exact) mass is 361 g/mol. The fraction of sp³-hybridized carbons (Fsp3) is 1.00. The van der Waals surface area contributed by atoms with Crippen LogP contribution in [0.5, 0.6) is 0 Å². The van der Waals surface area contributed by atoms with Crippen LogP contribution in [0.2, 0.25) is 18.1 Å². The van der Waals surface area contributed by atoms with Crippen molar-refractivity contribution < 1.29 is 24.1 Å². The number of hydrogen-bond donors (Lipinski definition) is 2. The van der Waals surface area contributed by atoms with Crippen molar-refractivity contribution in [1.82, 2.24) is 0 Å². The number of aliphatic hydroxyl groups excluding tert-OH is 2. The first-order valence-electron chi connectivity index (χ1n) is 8.17. The summed E-state index contributed by atoms with van der Waals surface area (Å²) >= 11 is 0. The van der Waals surface area contributed by atoms with Crippen molar-refractivity contribution in [3.8, 4) is 0 Å². The molecular weight excluding hydrogens is 330 g/mol. The maximum Gasteiger partial charge on any atom is 0.191 e. The summed E-state index contributed by atoms with van der Waals surface area (Å²) in [4.78, 5) is 2.82. The fourth-order valence-corrected chi connectivity index (χ4v) is 3.31. The molecule has 1 aliphatic rings. The molecule has 1 rings (SSSR count). The second kappa shape index (κ2) is 7.70. The highest BCUT2D eigenvalue weighted by molar-refractivity contribution is 6.74. The SMILES string of the molecule is CC1(C)O[C@@H]([C@H](O)[C@@H](CO[Si](C)(C)C(C)(C)C)N=[N+]=[N-])[C@@H](CO)O1. The van der Waals surface area contributed by atoms with Crippen molar-refractivity contribution >= 4 is 8.32 Å². The third kappa shape index (κ3) is 5.16. The van der Waals surface area contributed by atoms with Gasteiger partial charge >= 0.3 is 0 Å². The third-order valence-electron chi connectivity index (χ3n) is 4.75. The second-order valence-corrected chi connectivity index (χ2v) is 13.0. The molecule has 140 valence electrons. The quantitative estimate of drug-likeness (QED) is 0.313. The van der Waals surface area contributed by atoms with E-state index in [0.29, 0.717) is 0 Å². The van der Waals surface area contributed by atoms with Crippen LogP contribution < -0.4 is 0 Å². The summed E-state index contributed by atoms with van der Waals surface area (Å²) in [7, 11) is -2.05. The Morgan fingerprint density at radius 1 is 1.33 bits per heavy atom. The fourth-order valence-electron chi connectivity index (χ4n) is 2.29. The molecular formula is C15H31N3O5Si. The lowest BCUT2D eigenvalue weighted by Crippen LogP contribution is -2.48. The van der Waals surface area contributed by atoms with Gasteiger partial charge in [0.15, 0.2) is 14.1 Å². The van der Waals surface area contributed by atoms with Gasteiger partial charge in [-0.05, 0) is 37.5 Å². The molecule has 0 bridgehead atoms. The molecule has 0 aromatic carbocycles. The van der Waals surface area contributed by atoms with Crippen molar-refractivity contribution in [2.45, 2.75) is 82.9 Å². The van der Waals surface area contributed by atoms with Crippen molar-refractivity contribution in [3.05, 3.63) is 10.4 Å². The van der Waals surface area contributed by atoms with Gasteiger partial charge in [0.1, 0.15) is 12.2 Å². The van der Waals surface area contributed by atoms with E-state index < -0.39 is 38.5 Å². The molecule has 0 radical (unpaired) electrons. The second-order valence-electron chi connectivity index (χ2n) is 8.16. The number of aliphatic hydroxyl groups is 2. The van der Waals surface area contributed by atoms with Crippen LogP contribution in [0.15, 0.2) is 5.11 Å². The molecule has 0 aromatic heterocycles. The van der Waals surface area contributed by atoms with E-state index in [9.17, 15) is 10.2 Å². The minimum absolute atomic E-state index is 0.00144. The largest absolute Gasteiger partial charge is 0.416 e. The zero-order chi connectivity index (χ0) is 18.8. The Morgan fingerprint density at radius 2 is 1.92 bits per heavy atom. The molecule has 1 aliphatic heterocycles. The summed E-state index contributed by atoms with van der Waals surface area (Å²) in [5, 5.41) is 23.8. The number of hydrogen-bond acceptors (Lipinski definition) is 6. The lowest BCUT2D eigenvalue weighted by molar-refractivity contribution is -0.158. The van der Waals surface area contributed by atoms with E-state index in [2.05, 4.69) is 43.9 Å². The van der Waals surface area contributed by atoms with Crippen LogP contribution >= 0.6 is 0 Å². The van der Waals surface area contributed by atoms with Gasteiger partial charge in [0.2, 0.25) is 0 Å². The van der Waals surface area contributed by atoms with Crippen molar-refractivity contribution in [2.24, 2.45) is 5.11 Å². The van der Waals surface area contributed by atoms with E-state index in [1.165, 1.54) is 0 Å². The molecule has 4 atom stereocenters. The normalized spacial score (nSPS) is 26.7. The minimum atomic E-state index is -2.05. The van der Waals surface area contributed by atoms with Gasteiger partial charge < -0.3 is 24.1 Å². The predicted molar refractivity (Wildman–Crippen MR) is 93.0 cm³/mol. The summed E-state index contributed by atoms with van der Waals surface area (Å²) in [5.74, 6) is -0.916. The number of ether oxygens (including phenoxy) is 2. The summed E-state index contributed by atoms with van der Waals surface area (Å²) < 4.78 is 17.3. The van der Waals surface area contributed by atoms with Gasteiger partial charge in [-0.25, -0.2) is 0 Å². The molecule has 0 saturated carbocycles. The van der Waals surface area contributed by atoms with Crippen LogP contribution in [-0.2, 0) is 13.9 Å². The first kappa shape index (κ1) is 21.4. The standard InChI is InChI=1S/C15H31N3O5Si/c1-14(2,3)24(6,7)21-9-10(17-18-16)12(20)13-11(8-19)22-15(4,5)23-13/h10-13,19-20H,8-9H2,1-7H3/t10-,11-,12-,13-/m1/s1. The van der Waals surface area contributed by atoms with Gasteiger partial charge in [0, 0.05) is 11.5 Å². The summed E-state index contributed by atoms with van der Waals surface area (Å²) in [6.07, 6.45) is -2.60. The van der Waals surface area contributed by atoms with Gasteiger partial charge in [-0.2, -0.15) is 0 Å². The molecule has 2 N–H and O–H groups in total. The molecule has 8 nitrogen and oxygen atoms in total. The van der Waals surface area contributed by atoms with Crippen molar-refractivity contribution in [2.75, 3.05) is 13.2 Å². The topological polar surface area (TPSA) is 117 Å². The lowest BCUT2D eigenvalue weighted by Gasteiger charge is -2.37. The first-order chi connectivity index (χ1) is 10.8. The molecule has 0 aromatic rings. The van der Waals surface area contributed by atoms with E-state index in [4.69, 9.17) is 19.4 Å². The minimum Gasteiger partial charge on any atom is -0.416 e. The Labute approximate surface area is 144 Å². The highest BCUT2D eigenvalue weighted by atomic mass is 28.4. The van der Waals surface area contributed by atoms with Gasteiger partial charge in [-0.1, -0.05) is 25.9 Å². The van der Waals surface area contributed by atoms with Gasteiger partial charge in [0.05, 0.1) is 18.8 Å².